The Kier molecular flexibility index (Phi) is 3.89. The van der Waals surface area contributed by atoms with Gasteiger partial charge in [-0.1, -0.05) is 44.0 Å². The van der Waals surface area contributed by atoms with Gasteiger partial charge >= 0.3 is 0 Å². The molecule has 4 heteroatoms. The minimum atomic E-state index is -0.252. The van der Waals surface area contributed by atoms with Gasteiger partial charge in [-0.05, 0) is 35.7 Å². The zero-order valence-corrected chi connectivity index (χ0v) is 13.8. The van der Waals surface area contributed by atoms with Crippen LogP contribution in [0, 0.1) is 0 Å². The van der Waals surface area contributed by atoms with Crippen LogP contribution in [0.5, 0.6) is 11.5 Å². The molecule has 0 radical (unpaired) electrons. The first kappa shape index (κ1) is 15.1. The molecule has 2 aromatic rings. The van der Waals surface area contributed by atoms with Crippen molar-refractivity contribution < 1.29 is 14.3 Å². The number of amides is 1. The van der Waals surface area contributed by atoms with E-state index in [0.717, 1.165) is 54.1 Å². The Labute approximate surface area is 142 Å². The van der Waals surface area contributed by atoms with Gasteiger partial charge in [0.2, 0.25) is 12.7 Å². The van der Waals surface area contributed by atoms with Crippen LogP contribution in [0.15, 0.2) is 42.5 Å². The van der Waals surface area contributed by atoms with Crippen molar-refractivity contribution in [3.63, 3.8) is 0 Å². The minimum absolute atomic E-state index is 0.158. The molecule has 0 spiro atoms. The molecular weight excluding hydrogens is 302 g/mol. The van der Waals surface area contributed by atoms with Gasteiger partial charge in [-0.15, -0.1) is 0 Å². The molecule has 2 aliphatic heterocycles. The lowest BCUT2D eigenvalue weighted by Crippen LogP contribution is -2.30. The number of carbonyl (C=O) groups excluding carboxylic acids is 1. The van der Waals surface area contributed by atoms with Gasteiger partial charge < -0.3 is 14.4 Å². The fraction of sp³-hybridized carbons (Fsp3) is 0.350. The second kappa shape index (κ2) is 6.19. The third-order valence-corrected chi connectivity index (χ3v) is 4.77. The largest absolute Gasteiger partial charge is 0.454 e. The van der Waals surface area contributed by atoms with Crippen LogP contribution in [-0.4, -0.2) is 19.2 Å². The minimum Gasteiger partial charge on any atom is -0.454 e. The maximum atomic E-state index is 13.1. The van der Waals surface area contributed by atoms with Gasteiger partial charge in [0.25, 0.3) is 0 Å². The Morgan fingerprint density at radius 2 is 1.92 bits per heavy atom. The third kappa shape index (κ3) is 2.42. The van der Waals surface area contributed by atoms with E-state index in [4.69, 9.17) is 9.47 Å². The van der Waals surface area contributed by atoms with Gasteiger partial charge in [0.15, 0.2) is 11.5 Å². The van der Waals surface area contributed by atoms with Crippen molar-refractivity contribution in [2.45, 2.75) is 32.1 Å². The molecule has 2 aromatic carbocycles. The van der Waals surface area contributed by atoms with Crippen molar-refractivity contribution in [3.8, 4) is 11.5 Å². The maximum absolute atomic E-state index is 13.1. The molecule has 0 bridgehead atoms. The van der Waals surface area contributed by atoms with Crippen molar-refractivity contribution >= 4 is 11.6 Å². The Morgan fingerprint density at radius 3 is 2.79 bits per heavy atom. The monoisotopic (exact) mass is 323 g/mol. The highest BCUT2D eigenvalue weighted by atomic mass is 16.7. The summed E-state index contributed by atoms with van der Waals surface area (Å²) in [5.74, 6) is 1.38. The van der Waals surface area contributed by atoms with Crippen molar-refractivity contribution in [2.75, 3.05) is 18.2 Å². The summed E-state index contributed by atoms with van der Waals surface area (Å²) in [6.45, 7) is 3.21. The van der Waals surface area contributed by atoms with E-state index >= 15 is 0 Å². The fourth-order valence-electron chi connectivity index (χ4n) is 3.55. The summed E-state index contributed by atoms with van der Waals surface area (Å²) in [5, 5.41) is 0. The lowest BCUT2D eigenvalue weighted by molar-refractivity contribution is -0.118. The number of fused-ring (bicyclic) bond motifs is 2. The predicted octanol–water partition coefficient (Wildman–Crippen LogP) is 4.08. The Bertz CT molecular complexity index is 771. The van der Waals surface area contributed by atoms with Gasteiger partial charge in [0, 0.05) is 12.2 Å². The standard InChI is InChI=1S/C20H21NO3/c1-2-3-6-11-21-16-8-5-4-7-15(16)19(20(21)22)14-9-10-17-18(12-14)24-13-23-17/h4-5,7-10,12,19H,2-3,6,11,13H2,1H3/t19-/m1/s1. The molecule has 2 aliphatic rings. The maximum Gasteiger partial charge on any atom is 0.239 e. The van der Waals surface area contributed by atoms with Gasteiger partial charge in [0.1, 0.15) is 0 Å². The van der Waals surface area contributed by atoms with Crippen molar-refractivity contribution in [1.29, 1.82) is 0 Å². The molecule has 0 unspecified atom stereocenters. The molecule has 124 valence electrons. The number of rotatable bonds is 5. The molecule has 0 saturated heterocycles. The molecular formula is C20H21NO3. The smallest absolute Gasteiger partial charge is 0.239 e. The Balaban J connectivity index is 1.69. The van der Waals surface area contributed by atoms with Gasteiger partial charge in [-0.2, -0.15) is 0 Å². The molecule has 4 rings (SSSR count). The van der Waals surface area contributed by atoms with Crippen LogP contribution < -0.4 is 14.4 Å². The predicted molar refractivity (Wildman–Crippen MR) is 92.7 cm³/mol. The molecule has 4 nitrogen and oxygen atoms in total. The molecule has 1 atom stereocenters. The lowest BCUT2D eigenvalue weighted by atomic mass is 9.92. The first-order valence-electron chi connectivity index (χ1n) is 8.59. The quantitative estimate of drug-likeness (QED) is 0.778. The average molecular weight is 323 g/mol. The zero-order valence-electron chi connectivity index (χ0n) is 13.8. The van der Waals surface area contributed by atoms with E-state index < -0.39 is 0 Å². The Morgan fingerprint density at radius 1 is 1.08 bits per heavy atom. The number of ether oxygens (including phenoxy) is 2. The van der Waals surface area contributed by atoms with Crippen molar-refractivity contribution in [1.82, 2.24) is 0 Å². The van der Waals surface area contributed by atoms with E-state index in [1.165, 1.54) is 0 Å². The van der Waals surface area contributed by atoms with Gasteiger partial charge in [-0.25, -0.2) is 0 Å². The highest BCUT2D eigenvalue weighted by Crippen LogP contribution is 2.43. The van der Waals surface area contributed by atoms with E-state index in [2.05, 4.69) is 13.0 Å². The summed E-state index contributed by atoms with van der Waals surface area (Å²) in [5.41, 5.74) is 3.09. The highest BCUT2D eigenvalue weighted by Gasteiger charge is 2.38. The summed E-state index contributed by atoms with van der Waals surface area (Å²) >= 11 is 0. The van der Waals surface area contributed by atoms with Crippen LogP contribution in [0.1, 0.15) is 43.2 Å². The Hall–Kier alpha value is -2.49. The van der Waals surface area contributed by atoms with E-state index in [0.29, 0.717) is 0 Å². The van der Waals surface area contributed by atoms with Crippen LogP contribution in [0.3, 0.4) is 0 Å². The molecule has 0 fully saturated rings. The van der Waals surface area contributed by atoms with E-state index in [1.807, 2.05) is 41.3 Å². The number of unbranched alkanes of at least 4 members (excludes halogenated alkanes) is 2. The molecule has 0 aromatic heterocycles. The number of nitrogens with zero attached hydrogens (tertiary/aromatic N) is 1. The first-order valence-corrected chi connectivity index (χ1v) is 8.59. The first-order chi connectivity index (χ1) is 11.8. The van der Waals surface area contributed by atoms with Crippen LogP contribution in [0.2, 0.25) is 0 Å². The summed E-state index contributed by atoms with van der Waals surface area (Å²) in [6, 6.07) is 13.9. The fourth-order valence-corrected chi connectivity index (χ4v) is 3.55. The molecule has 0 saturated carbocycles. The average Bonchev–Trinajstić information content (AvgIpc) is 3.17. The van der Waals surface area contributed by atoms with Crippen LogP contribution >= 0.6 is 0 Å². The number of hydrogen-bond donors (Lipinski definition) is 0. The summed E-state index contributed by atoms with van der Waals surface area (Å²) < 4.78 is 10.9. The van der Waals surface area contributed by atoms with Crippen molar-refractivity contribution in [3.05, 3.63) is 53.6 Å². The van der Waals surface area contributed by atoms with E-state index in [1.54, 1.807) is 0 Å². The summed E-state index contributed by atoms with van der Waals surface area (Å²) in [7, 11) is 0. The molecule has 1 amide bonds. The number of carbonyl (C=O) groups is 1. The highest BCUT2D eigenvalue weighted by molar-refractivity contribution is 6.07. The van der Waals surface area contributed by atoms with Gasteiger partial charge in [-0.3, -0.25) is 4.79 Å². The van der Waals surface area contributed by atoms with Crippen LogP contribution in [0.4, 0.5) is 5.69 Å². The number of para-hydroxylation sites is 1. The third-order valence-electron chi connectivity index (χ3n) is 4.77. The van der Waals surface area contributed by atoms with Crippen LogP contribution in [-0.2, 0) is 4.79 Å². The lowest BCUT2D eigenvalue weighted by Gasteiger charge is -2.18. The van der Waals surface area contributed by atoms with Crippen molar-refractivity contribution in [2.24, 2.45) is 0 Å². The molecule has 2 heterocycles. The molecule has 24 heavy (non-hydrogen) atoms. The second-order valence-electron chi connectivity index (χ2n) is 6.30. The normalized spacial score (nSPS) is 18.1. The topological polar surface area (TPSA) is 38.8 Å². The molecule has 0 aliphatic carbocycles. The second-order valence-corrected chi connectivity index (χ2v) is 6.30. The SMILES string of the molecule is CCCCCN1C(=O)[C@H](c2ccc3c(c2)OCO3)c2ccccc21. The summed E-state index contributed by atoms with van der Waals surface area (Å²) in [4.78, 5) is 15.1. The van der Waals surface area contributed by atoms with Crippen LogP contribution in [0.25, 0.3) is 0 Å². The number of hydrogen-bond acceptors (Lipinski definition) is 3. The number of anilines is 1. The number of benzene rings is 2. The van der Waals surface area contributed by atoms with Gasteiger partial charge in [0.05, 0.1) is 5.92 Å². The van der Waals surface area contributed by atoms with E-state index in [9.17, 15) is 4.79 Å². The molecule has 0 N–H and O–H groups in total. The summed E-state index contributed by atoms with van der Waals surface area (Å²) in [6.07, 6.45) is 3.32. The van der Waals surface area contributed by atoms with E-state index in [-0.39, 0.29) is 18.6 Å². The zero-order chi connectivity index (χ0) is 16.5.